The van der Waals surface area contributed by atoms with Gasteiger partial charge in [-0.05, 0) is 25.1 Å². The summed E-state index contributed by atoms with van der Waals surface area (Å²) in [5.74, 6) is -2.33. The average molecular weight is 502 g/mol. The summed E-state index contributed by atoms with van der Waals surface area (Å²) in [6.07, 6.45) is -2.12. The van der Waals surface area contributed by atoms with E-state index in [2.05, 4.69) is 10.6 Å². The molecule has 2 aromatic rings. The van der Waals surface area contributed by atoms with Crippen LogP contribution in [0.25, 0.3) is 0 Å². The number of aromatic hydroxyl groups is 1. The zero-order valence-electron chi connectivity index (χ0n) is 20.7. The summed E-state index contributed by atoms with van der Waals surface area (Å²) in [5.41, 5.74) is 0.0620. The van der Waals surface area contributed by atoms with Crippen LogP contribution in [0.2, 0.25) is 0 Å². The number of aliphatic hydroxyl groups is 1. The van der Waals surface area contributed by atoms with E-state index in [4.69, 9.17) is 4.74 Å². The molecule has 3 atom stereocenters. The van der Waals surface area contributed by atoms with Crippen LogP contribution in [0.1, 0.15) is 35.3 Å². The molecular formula is C26H32FN3O6. The summed E-state index contributed by atoms with van der Waals surface area (Å²) in [7, 11) is 1.48. The molecule has 1 fully saturated rings. The second-order valence-electron chi connectivity index (χ2n) is 9.42. The number of phenols is 1. The summed E-state index contributed by atoms with van der Waals surface area (Å²) in [6, 6.07) is 9.53. The minimum atomic E-state index is -1.63. The number of nitrogens with zero attached hydrogens (tertiary/aromatic N) is 1. The Hall–Kier alpha value is -3.50. The second kappa shape index (κ2) is 11.0. The number of rotatable bonds is 8. The first-order valence-electron chi connectivity index (χ1n) is 11.6. The fourth-order valence-corrected chi connectivity index (χ4v) is 4.53. The molecule has 0 unspecified atom stereocenters. The van der Waals surface area contributed by atoms with Crippen molar-refractivity contribution in [3.05, 3.63) is 65.0 Å². The Morgan fingerprint density at radius 1 is 1.17 bits per heavy atom. The topological polar surface area (TPSA) is 128 Å². The van der Waals surface area contributed by atoms with Crippen molar-refractivity contribution >= 4 is 17.7 Å². The number of methoxy groups -OCH3 is 1. The standard InChI is InChI=1S/C26H32FN3O6/c1-15-17(9-7-11-19(15)31)23(33)29-13-20(32)25(35)30-14-21(36-4)26(2,3)22(30)24(34)28-12-16-8-5-6-10-18(16)27/h5-11,20-22,31-32H,12-14H2,1-4H3,(H,28,34)(H,29,33)/t20-,21+,22+/m0/s1. The van der Waals surface area contributed by atoms with Gasteiger partial charge in [-0.1, -0.05) is 38.1 Å². The van der Waals surface area contributed by atoms with Gasteiger partial charge in [0.15, 0.2) is 0 Å². The van der Waals surface area contributed by atoms with Gasteiger partial charge in [0, 0.05) is 42.3 Å². The van der Waals surface area contributed by atoms with Gasteiger partial charge in [0.25, 0.3) is 11.8 Å². The number of amides is 3. The molecule has 0 aromatic heterocycles. The molecule has 1 aliphatic heterocycles. The van der Waals surface area contributed by atoms with Gasteiger partial charge in [0.1, 0.15) is 23.7 Å². The van der Waals surface area contributed by atoms with Crippen LogP contribution in [-0.2, 0) is 20.9 Å². The first-order chi connectivity index (χ1) is 17.0. The Morgan fingerprint density at radius 2 is 1.86 bits per heavy atom. The van der Waals surface area contributed by atoms with Crippen LogP contribution in [-0.4, -0.2) is 71.3 Å². The van der Waals surface area contributed by atoms with Crippen LogP contribution >= 0.6 is 0 Å². The third kappa shape index (κ3) is 5.50. The van der Waals surface area contributed by atoms with Crippen LogP contribution in [0.4, 0.5) is 4.39 Å². The summed E-state index contributed by atoms with van der Waals surface area (Å²) in [5, 5.41) is 25.6. The lowest BCUT2D eigenvalue weighted by Crippen LogP contribution is -2.54. The maximum absolute atomic E-state index is 14.0. The largest absolute Gasteiger partial charge is 0.508 e. The monoisotopic (exact) mass is 501 g/mol. The van der Waals surface area contributed by atoms with E-state index in [0.717, 1.165) is 0 Å². The molecule has 9 nitrogen and oxygen atoms in total. The lowest BCUT2D eigenvalue weighted by Gasteiger charge is -2.33. The van der Waals surface area contributed by atoms with Crippen molar-refractivity contribution in [2.75, 3.05) is 20.2 Å². The van der Waals surface area contributed by atoms with Crippen molar-refractivity contribution in [3.63, 3.8) is 0 Å². The van der Waals surface area contributed by atoms with E-state index in [9.17, 15) is 29.0 Å². The molecule has 1 aliphatic rings. The first-order valence-corrected chi connectivity index (χ1v) is 11.6. The Labute approximate surface area is 209 Å². The highest BCUT2D eigenvalue weighted by atomic mass is 19.1. The van der Waals surface area contributed by atoms with Crippen molar-refractivity contribution in [2.45, 2.75) is 45.6 Å². The van der Waals surface area contributed by atoms with Crippen LogP contribution in [0.3, 0.4) is 0 Å². The number of hydrogen-bond donors (Lipinski definition) is 4. The SMILES string of the molecule is CO[C@@H]1CN(C(=O)[C@@H](O)CNC(=O)c2cccc(O)c2C)[C@H](C(=O)NCc2ccccc2F)C1(C)C. The van der Waals surface area contributed by atoms with E-state index in [1.807, 2.05) is 0 Å². The van der Waals surface area contributed by atoms with E-state index < -0.39 is 53.7 Å². The fraction of sp³-hybridized carbons (Fsp3) is 0.423. The number of ether oxygens (including phenoxy) is 1. The molecule has 3 amide bonds. The second-order valence-corrected chi connectivity index (χ2v) is 9.42. The van der Waals surface area contributed by atoms with E-state index in [1.165, 1.54) is 36.3 Å². The maximum Gasteiger partial charge on any atom is 0.254 e. The summed E-state index contributed by atoms with van der Waals surface area (Å²) >= 11 is 0. The Bertz CT molecular complexity index is 1140. The van der Waals surface area contributed by atoms with Crippen molar-refractivity contribution in [1.29, 1.82) is 0 Å². The van der Waals surface area contributed by atoms with Gasteiger partial charge in [0.05, 0.1) is 12.6 Å². The quantitative estimate of drug-likeness (QED) is 0.434. The number of nitrogens with one attached hydrogen (secondary N) is 2. The van der Waals surface area contributed by atoms with Gasteiger partial charge < -0.3 is 30.5 Å². The number of likely N-dealkylation sites (tertiary alicyclic amines) is 1. The molecule has 0 spiro atoms. The number of hydrogen-bond acceptors (Lipinski definition) is 6. The molecule has 0 aliphatic carbocycles. The summed E-state index contributed by atoms with van der Waals surface area (Å²) < 4.78 is 19.5. The van der Waals surface area contributed by atoms with Gasteiger partial charge >= 0.3 is 0 Å². The number of carbonyl (C=O) groups excluding carboxylic acids is 3. The van der Waals surface area contributed by atoms with Crippen molar-refractivity contribution < 1.29 is 33.7 Å². The highest BCUT2D eigenvalue weighted by Crippen LogP contribution is 2.38. The van der Waals surface area contributed by atoms with E-state index in [1.54, 1.807) is 39.0 Å². The number of phenolic OH excluding ortho intramolecular Hbond substituents is 1. The Kier molecular flexibility index (Phi) is 8.31. The zero-order valence-corrected chi connectivity index (χ0v) is 20.7. The Balaban J connectivity index is 1.72. The minimum absolute atomic E-state index is 0.0478. The number of carbonyl (C=O) groups is 3. The lowest BCUT2D eigenvalue weighted by atomic mass is 9.82. The highest BCUT2D eigenvalue weighted by molar-refractivity contribution is 5.97. The molecule has 0 bridgehead atoms. The van der Waals surface area contributed by atoms with Gasteiger partial charge in [-0.15, -0.1) is 0 Å². The predicted molar refractivity (Wildman–Crippen MR) is 130 cm³/mol. The third-order valence-corrected chi connectivity index (χ3v) is 6.73. The summed E-state index contributed by atoms with van der Waals surface area (Å²) in [4.78, 5) is 40.2. The van der Waals surface area contributed by atoms with E-state index in [-0.39, 0.29) is 24.4 Å². The predicted octanol–water partition coefficient (Wildman–Crippen LogP) is 1.50. The molecule has 3 rings (SSSR count). The fourth-order valence-electron chi connectivity index (χ4n) is 4.53. The molecule has 36 heavy (non-hydrogen) atoms. The van der Waals surface area contributed by atoms with Crippen molar-refractivity contribution in [1.82, 2.24) is 15.5 Å². The lowest BCUT2D eigenvalue weighted by molar-refractivity contribution is -0.146. The van der Waals surface area contributed by atoms with Crippen molar-refractivity contribution in [2.24, 2.45) is 5.41 Å². The molecular weight excluding hydrogens is 469 g/mol. The van der Waals surface area contributed by atoms with Gasteiger partial charge in [-0.2, -0.15) is 0 Å². The molecule has 194 valence electrons. The molecule has 2 aromatic carbocycles. The zero-order chi connectivity index (χ0) is 26.6. The number of benzene rings is 2. The van der Waals surface area contributed by atoms with Gasteiger partial charge in [0.2, 0.25) is 5.91 Å². The van der Waals surface area contributed by atoms with E-state index >= 15 is 0 Å². The van der Waals surface area contributed by atoms with E-state index in [0.29, 0.717) is 11.1 Å². The number of halogens is 1. The summed E-state index contributed by atoms with van der Waals surface area (Å²) in [6.45, 7) is 4.72. The minimum Gasteiger partial charge on any atom is -0.508 e. The van der Waals surface area contributed by atoms with Crippen LogP contribution < -0.4 is 10.6 Å². The van der Waals surface area contributed by atoms with Crippen LogP contribution in [0.15, 0.2) is 42.5 Å². The highest BCUT2D eigenvalue weighted by Gasteiger charge is 2.54. The molecule has 0 radical (unpaired) electrons. The molecule has 4 N–H and O–H groups in total. The van der Waals surface area contributed by atoms with Gasteiger partial charge in [-0.3, -0.25) is 14.4 Å². The normalized spacial score (nSPS) is 19.6. The molecule has 0 saturated carbocycles. The molecule has 10 heteroatoms. The average Bonchev–Trinajstić information content (AvgIpc) is 3.12. The first kappa shape index (κ1) is 27.1. The maximum atomic E-state index is 14.0. The van der Waals surface area contributed by atoms with Crippen LogP contribution in [0, 0.1) is 18.2 Å². The smallest absolute Gasteiger partial charge is 0.254 e. The molecule has 1 heterocycles. The third-order valence-electron chi connectivity index (χ3n) is 6.73. The molecule has 1 saturated heterocycles. The van der Waals surface area contributed by atoms with Gasteiger partial charge in [-0.25, -0.2) is 4.39 Å². The number of aliphatic hydroxyl groups excluding tert-OH is 1. The van der Waals surface area contributed by atoms with Crippen molar-refractivity contribution in [3.8, 4) is 5.75 Å². The Morgan fingerprint density at radius 3 is 2.53 bits per heavy atom. The van der Waals surface area contributed by atoms with Crippen LogP contribution in [0.5, 0.6) is 5.75 Å².